The van der Waals surface area contributed by atoms with Crippen molar-refractivity contribution in [3.8, 4) is 0 Å². The molecule has 0 aromatic carbocycles. The first-order chi connectivity index (χ1) is 9.74. The maximum atomic E-state index is 11.6. The number of hydrogen-bond donors (Lipinski definition) is 2. The predicted molar refractivity (Wildman–Crippen MR) is 88.6 cm³/mol. The summed E-state index contributed by atoms with van der Waals surface area (Å²) in [5.74, 6) is 0.903. The Bertz CT molecular complexity index is 536. The van der Waals surface area contributed by atoms with Crippen LogP contribution in [0.5, 0.6) is 0 Å². The van der Waals surface area contributed by atoms with E-state index in [9.17, 15) is 9.90 Å². The van der Waals surface area contributed by atoms with Gasteiger partial charge in [0.2, 0.25) is 0 Å². The fourth-order valence-corrected chi connectivity index (χ4v) is 3.54. The Morgan fingerprint density at radius 3 is 2.62 bits per heavy atom. The molecular weight excluding hydrogens is 385 g/mol. The number of nitrogens with one attached hydrogen (secondary N) is 1. The van der Waals surface area contributed by atoms with Crippen LogP contribution in [-0.2, 0) is 10.3 Å². The molecule has 0 radical (unpaired) electrons. The molecule has 0 unspecified atom stereocenters. The lowest BCUT2D eigenvalue weighted by atomic mass is 10.0. The summed E-state index contributed by atoms with van der Waals surface area (Å²) in [6, 6.07) is 0. The minimum Gasteiger partial charge on any atom is -0.453 e. The topological polar surface area (TPSA) is 76.4 Å². The summed E-state index contributed by atoms with van der Waals surface area (Å²) in [5.41, 5.74) is 0.694. The number of ether oxygens (including phenoxy) is 1. The van der Waals surface area contributed by atoms with Gasteiger partial charge in [0, 0.05) is 5.92 Å². The molecule has 1 aromatic rings. The van der Waals surface area contributed by atoms with Gasteiger partial charge in [-0.1, -0.05) is 0 Å². The molecule has 1 saturated carbocycles. The molecule has 2 atom stereocenters. The summed E-state index contributed by atoms with van der Waals surface area (Å²) in [7, 11) is 1.34. The van der Waals surface area contributed by atoms with Gasteiger partial charge in [0.05, 0.1) is 28.0 Å². The predicted octanol–water partition coefficient (Wildman–Crippen LogP) is 3.05. The number of carbonyl (C=O) groups excluding carboxylic acids is 1. The van der Waals surface area contributed by atoms with Gasteiger partial charge in [-0.05, 0) is 62.6 Å². The second-order valence-electron chi connectivity index (χ2n) is 6.41. The van der Waals surface area contributed by atoms with Crippen molar-refractivity contribution in [2.75, 3.05) is 12.4 Å². The molecule has 1 aliphatic rings. The molecule has 0 bridgehead atoms. The van der Waals surface area contributed by atoms with E-state index in [2.05, 4.69) is 27.9 Å². The fraction of sp³-hybridized carbons (Fsp3) is 0.714. The molecule has 21 heavy (non-hydrogen) atoms. The number of amides is 1. The van der Waals surface area contributed by atoms with E-state index in [0.29, 0.717) is 5.82 Å². The smallest absolute Gasteiger partial charge is 0.412 e. The number of hydrogen-bond acceptors (Lipinski definition) is 4. The Morgan fingerprint density at radius 2 is 2.14 bits per heavy atom. The Balaban J connectivity index is 2.42. The van der Waals surface area contributed by atoms with Gasteiger partial charge in [-0.2, -0.15) is 5.10 Å². The molecule has 6 nitrogen and oxygen atoms in total. The summed E-state index contributed by atoms with van der Waals surface area (Å²) in [6.45, 7) is 6.10. The highest BCUT2D eigenvalue weighted by Gasteiger charge is 2.32. The van der Waals surface area contributed by atoms with Crippen molar-refractivity contribution >= 4 is 34.5 Å². The van der Waals surface area contributed by atoms with Crippen LogP contribution in [0.3, 0.4) is 0 Å². The molecule has 2 rings (SSSR count). The van der Waals surface area contributed by atoms with Gasteiger partial charge in [0.1, 0.15) is 5.82 Å². The summed E-state index contributed by atoms with van der Waals surface area (Å²) in [6.07, 6.45) is 1.71. The normalized spacial score (nSPS) is 22.4. The highest BCUT2D eigenvalue weighted by molar-refractivity contribution is 14.1. The Kier molecular flexibility index (Phi) is 4.82. The lowest BCUT2D eigenvalue weighted by Crippen LogP contribution is -2.27. The third-order valence-corrected chi connectivity index (χ3v) is 4.75. The van der Waals surface area contributed by atoms with Crippen LogP contribution < -0.4 is 5.32 Å². The molecule has 0 aliphatic heterocycles. The molecule has 118 valence electrons. The van der Waals surface area contributed by atoms with Crippen LogP contribution in [0.4, 0.5) is 10.6 Å². The molecule has 7 heteroatoms. The monoisotopic (exact) mass is 407 g/mol. The summed E-state index contributed by atoms with van der Waals surface area (Å²) in [5, 5.41) is 17.2. The summed E-state index contributed by atoms with van der Waals surface area (Å²) in [4.78, 5) is 11.6. The van der Waals surface area contributed by atoms with Crippen molar-refractivity contribution in [1.82, 2.24) is 9.78 Å². The van der Waals surface area contributed by atoms with Crippen molar-refractivity contribution in [1.29, 1.82) is 0 Å². The number of halogens is 1. The third-order valence-electron chi connectivity index (χ3n) is 3.69. The van der Waals surface area contributed by atoms with Crippen molar-refractivity contribution in [2.45, 2.75) is 57.6 Å². The average Bonchev–Trinajstić information content (AvgIpc) is 2.94. The number of carbonyl (C=O) groups is 1. The largest absolute Gasteiger partial charge is 0.453 e. The van der Waals surface area contributed by atoms with Crippen LogP contribution in [0.15, 0.2) is 0 Å². The quantitative estimate of drug-likeness (QED) is 0.739. The maximum Gasteiger partial charge on any atom is 0.412 e. The van der Waals surface area contributed by atoms with E-state index >= 15 is 0 Å². The molecule has 1 aromatic heterocycles. The van der Waals surface area contributed by atoms with Gasteiger partial charge >= 0.3 is 6.09 Å². The number of methoxy groups -OCH3 is 1. The number of rotatable bonds is 2. The zero-order chi connectivity index (χ0) is 15.8. The number of anilines is 1. The lowest BCUT2D eigenvalue weighted by molar-refractivity contribution is 0.181. The van der Waals surface area contributed by atoms with E-state index in [0.717, 1.165) is 28.5 Å². The average molecular weight is 407 g/mol. The molecular formula is C14H22IN3O3. The van der Waals surface area contributed by atoms with Gasteiger partial charge in [0.15, 0.2) is 0 Å². The first kappa shape index (κ1) is 16.5. The second kappa shape index (κ2) is 6.12. The van der Waals surface area contributed by atoms with E-state index in [1.54, 1.807) is 0 Å². The van der Waals surface area contributed by atoms with Crippen molar-refractivity contribution in [3.63, 3.8) is 0 Å². The number of aliphatic hydroxyl groups excluding tert-OH is 1. The van der Waals surface area contributed by atoms with Crippen molar-refractivity contribution < 1.29 is 14.6 Å². The van der Waals surface area contributed by atoms with Gasteiger partial charge < -0.3 is 9.84 Å². The van der Waals surface area contributed by atoms with Crippen LogP contribution in [0.2, 0.25) is 0 Å². The van der Waals surface area contributed by atoms with Gasteiger partial charge in [0.25, 0.3) is 0 Å². The molecule has 2 N–H and O–H groups in total. The molecule has 1 aliphatic carbocycles. The van der Waals surface area contributed by atoms with E-state index in [4.69, 9.17) is 9.84 Å². The van der Waals surface area contributed by atoms with Crippen LogP contribution >= 0.6 is 22.6 Å². The van der Waals surface area contributed by atoms with Crippen LogP contribution in [0.25, 0.3) is 0 Å². The second-order valence-corrected chi connectivity index (χ2v) is 7.49. The first-order valence-corrected chi connectivity index (χ1v) is 8.13. The fourth-order valence-electron chi connectivity index (χ4n) is 2.62. The number of aliphatic hydroxyl groups is 1. The maximum absolute atomic E-state index is 11.6. The Morgan fingerprint density at radius 1 is 1.48 bits per heavy atom. The van der Waals surface area contributed by atoms with Crippen LogP contribution in [-0.4, -0.2) is 34.2 Å². The minimum atomic E-state index is -0.503. The lowest BCUT2D eigenvalue weighted by Gasteiger charge is -2.22. The summed E-state index contributed by atoms with van der Waals surface area (Å²) < 4.78 is 7.44. The summed E-state index contributed by atoms with van der Waals surface area (Å²) >= 11 is 2.21. The molecule has 1 heterocycles. The molecule has 1 amide bonds. The van der Waals surface area contributed by atoms with Crippen LogP contribution in [0, 0.1) is 3.57 Å². The van der Waals surface area contributed by atoms with Gasteiger partial charge in [-0.3, -0.25) is 5.32 Å². The number of nitrogens with zero attached hydrogens (tertiary/aromatic N) is 2. The first-order valence-electron chi connectivity index (χ1n) is 7.06. The molecule has 0 saturated heterocycles. The zero-order valence-corrected chi connectivity index (χ0v) is 15.0. The van der Waals surface area contributed by atoms with Gasteiger partial charge in [-0.25, -0.2) is 9.48 Å². The zero-order valence-electron chi connectivity index (χ0n) is 12.8. The highest BCUT2D eigenvalue weighted by Crippen LogP contribution is 2.39. The van der Waals surface area contributed by atoms with E-state index < -0.39 is 6.09 Å². The number of aromatic nitrogens is 2. The Labute approximate surface area is 138 Å². The SMILES string of the molecule is COC(=O)Nc1c(I)c([C@H]2CC[C@@H](O)C2)nn1C(C)(C)C. The van der Waals surface area contributed by atoms with Crippen molar-refractivity contribution in [2.24, 2.45) is 0 Å². The standard InChI is InChI=1S/C14H22IN3O3/c1-14(2,3)18-12(16-13(20)21-4)10(15)11(17-18)8-5-6-9(19)7-8/h8-9,19H,5-7H2,1-4H3,(H,16,20)/t8-,9+/m0/s1. The molecule has 0 spiro atoms. The Hall–Kier alpha value is -0.830. The van der Waals surface area contributed by atoms with E-state index in [1.807, 2.05) is 25.5 Å². The van der Waals surface area contributed by atoms with Gasteiger partial charge in [-0.15, -0.1) is 0 Å². The van der Waals surface area contributed by atoms with Crippen molar-refractivity contribution in [3.05, 3.63) is 9.26 Å². The van der Waals surface area contributed by atoms with Crippen LogP contribution in [0.1, 0.15) is 51.6 Å². The molecule has 1 fully saturated rings. The third kappa shape index (κ3) is 3.50. The van der Waals surface area contributed by atoms with E-state index in [-0.39, 0.29) is 17.6 Å². The highest BCUT2D eigenvalue weighted by atomic mass is 127. The van der Waals surface area contributed by atoms with E-state index in [1.165, 1.54) is 7.11 Å². The minimum absolute atomic E-state index is 0.244.